The third-order valence-electron chi connectivity index (χ3n) is 27.6. The molecule has 0 saturated carbocycles. The monoisotopic (exact) mass is 1990 g/mol. The molecule has 15 aromatic rings. The smallest absolute Gasteiger partial charge is 0.186 e. The van der Waals surface area contributed by atoms with Crippen molar-refractivity contribution in [3.05, 3.63) is 558 Å². The summed E-state index contributed by atoms with van der Waals surface area (Å²) in [5, 5.41) is 3.56. The van der Waals surface area contributed by atoms with Gasteiger partial charge >= 0.3 is 0 Å². The molecule has 4 fully saturated rings. The Morgan fingerprint density at radius 3 is 0.514 bits per heavy atom. The summed E-state index contributed by atoms with van der Waals surface area (Å²) in [6, 6.07) is 155. The molecule has 15 aromatic carbocycles. The molecule has 20 atom stereocenters. The first-order valence-electron chi connectivity index (χ1n) is 51.5. The van der Waals surface area contributed by atoms with Crippen LogP contribution in [0.2, 0.25) is 0 Å². The molecule has 148 heavy (non-hydrogen) atoms. The van der Waals surface area contributed by atoms with E-state index in [1.807, 2.05) is 231 Å². The van der Waals surface area contributed by atoms with Crippen LogP contribution in [0.15, 0.2) is 491 Å². The van der Waals surface area contributed by atoms with Gasteiger partial charge in [-0.15, -0.1) is 0 Å². The molecule has 0 radical (unpaired) electrons. The summed E-state index contributed by atoms with van der Waals surface area (Å²) in [6.07, 6.45) is -4.43. The molecule has 4 heterocycles. The van der Waals surface area contributed by atoms with Crippen molar-refractivity contribution in [2.24, 2.45) is 0 Å². The maximum absolute atomic E-state index is 8.25. The number of rotatable bonds is 48. The van der Waals surface area contributed by atoms with Crippen molar-refractivity contribution in [2.75, 3.05) is 13.3 Å². The van der Waals surface area contributed by atoms with Crippen LogP contribution in [-0.2, 0) is 160 Å². The van der Waals surface area contributed by atoms with Crippen molar-refractivity contribution < 1.29 is 80.5 Å². The second-order valence-corrected chi connectivity index (χ2v) is 41.3. The number of hydrogen-bond acceptors (Lipinski definition) is 17. The molecule has 18 heteroatoms. The largest absolute Gasteiger partial charge is 0.368 e. The van der Waals surface area contributed by atoms with Gasteiger partial charge in [0.2, 0.25) is 0 Å². The van der Waals surface area contributed by atoms with Gasteiger partial charge in [0.15, 0.2) is 6.29 Å². The Morgan fingerprint density at radius 1 is 0.169 bits per heavy atom. The van der Waals surface area contributed by atoms with Gasteiger partial charge in [-0.2, -0.15) is 0 Å². The number of methoxy groups -OCH3 is 1. The molecule has 0 amide bonds. The van der Waals surface area contributed by atoms with Gasteiger partial charge < -0.3 is 80.5 Å². The van der Waals surface area contributed by atoms with Crippen molar-refractivity contribution in [1.82, 2.24) is 0 Å². The Hall–Kier alpha value is -12.7. The molecule has 4 saturated heterocycles. The molecule has 0 bridgehead atoms. The van der Waals surface area contributed by atoms with Crippen LogP contribution in [0.5, 0.6) is 0 Å². The molecular weight excluding hydrogens is 1860 g/mol. The molecule has 0 spiro atoms. The number of benzene rings is 15. The molecule has 17 nitrogen and oxygen atoms in total. The average Bonchev–Trinajstić information content (AvgIpc) is 0.726. The second-order valence-electron chi connectivity index (χ2n) is 37.8. The Kier molecular flexibility index (Phi) is 38.2. The standard InChI is InChI=1S/C130H130O17P/c1-131-130-129(143-94-107-69-39-13-40-70-107)128(142-93-106-67-37-12-38-68-106)123(137-88-101-57-27-7-28-58-101)116(147-130)82-81-114-121(135-86-99-53-23-5-24-54-99)126(140-91-104-63-33-10-34-64-104)119(133-84-97-49-19-3-20-50-97)112(145-114)78-77-111-118(132-83-96-47-17-2-18-48-96)125(139-90-103-61-31-9-32-62-103)120(134-85-98-51-21-4-22-52-98)113(144-111)79-80-115-122(136-87-100-55-25-6-26-56-100)127(141-92-105-65-35-11-36-66-105)124(138-89-102-59-29-8-30-60-102)117(146-115)95-148(108-71-41-14-42-72-108,109-73-43-15-44-74-109)110-75-45-16-46-76-110/h2-82,111-130H,83-95H2,1H3/q+1/b78-77-,80-79-,82-81-/t111-,112+,113+,114-,115-,116+,117+,118-,119+,120+,121-,122-,123+,124+,125+,126-,127+,128-,129+,130-/m0/s1. The van der Waals surface area contributed by atoms with Crippen molar-refractivity contribution in [3.63, 3.8) is 0 Å². The Morgan fingerprint density at radius 2 is 0.318 bits per heavy atom. The number of hydrogen-bond donors (Lipinski definition) is 0. The van der Waals surface area contributed by atoms with Gasteiger partial charge in [-0.25, -0.2) is 0 Å². The fourth-order valence-electron chi connectivity index (χ4n) is 20.1. The zero-order chi connectivity index (χ0) is 100. The van der Waals surface area contributed by atoms with E-state index < -0.39 is 130 Å². The first-order valence-corrected chi connectivity index (χ1v) is 53.4. The Labute approximate surface area is 871 Å². The predicted molar refractivity (Wildman–Crippen MR) is 579 cm³/mol. The van der Waals surface area contributed by atoms with Gasteiger partial charge in [-0.05, 0) is 103 Å². The maximum Gasteiger partial charge on any atom is 0.186 e. The van der Waals surface area contributed by atoms with Gasteiger partial charge in [-0.3, -0.25) is 0 Å². The Bertz CT molecular complexity index is 6300. The SMILES string of the molecule is CO[C@H]1O[C@H](/C=C\[C@@H]2O[C@H](/C=C\[C@@H]3O[C@H](/C=C\[C@@H]4O[C@H](C[P+](c5ccccc5)(c5ccccc5)c5ccccc5)[C@@H](OCc5ccccc5)[C@H](OCc5ccccc5)[C@H]4OCc4ccccc4)[C@@H](OCc4ccccc4)[C@H](OCc4ccccc4)[C@H]3OCc3ccccc3)[C@@H](OCc3ccccc3)[C@H](OCc3ccccc3)[C@H]2OCc2ccccc2)[C@@H](OCc2ccccc2)[C@H](OCc2ccccc2)[C@H]1OCc1ccccc1. The summed E-state index contributed by atoms with van der Waals surface area (Å²) in [6.45, 7) is 2.40. The van der Waals surface area contributed by atoms with E-state index in [-0.39, 0.29) is 79.3 Å². The highest BCUT2D eigenvalue weighted by molar-refractivity contribution is 7.95. The lowest BCUT2D eigenvalue weighted by Gasteiger charge is -2.47. The highest BCUT2D eigenvalue weighted by Gasteiger charge is 2.57. The number of ether oxygens (including phenoxy) is 17. The molecule has 0 aliphatic carbocycles. The quantitative estimate of drug-likeness (QED) is 0.0262. The van der Waals surface area contributed by atoms with Crippen LogP contribution in [0, 0.1) is 0 Å². The highest BCUT2D eigenvalue weighted by Crippen LogP contribution is 2.58. The zero-order valence-corrected chi connectivity index (χ0v) is 84.3. The average molecular weight is 2000 g/mol. The maximum atomic E-state index is 8.25. The van der Waals surface area contributed by atoms with Crippen LogP contribution in [0.3, 0.4) is 0 Å². The lowest BCUT2D eigenvalue weighted by atomic mass is 9.90. The van der Waals surface area contributed by atoms with Crippen molar-refractivity contribution in [1.29, 1.82) is 0 Å². The minimum Gasteiger partial charge on any atom is -0.368 e. The van der Waals surface area contributed by atoms with Crippen molar-refractivity contribution >= 4 is 23.2 Å². The summed E-state index contributed by atoms with van der Waals surface area (Å²) >= 11 is 0. The van der Waals surface area contributed by atoms with Crippen LogP contribution in [0.1, 0.15) is 66.8 Å². The third-order valence-corrected chi connectivity index (χ3v) is 32.0. The van der Waals surface area contributed by atoms with Crippen LogP contribution in [0.25, 0.3) is 0 Å². The summed E-state index contributed by atoms with van der Waals surface area (Å²) in [5.74, 6) is 0. The lowest BCUT2D eigenvalue weighted by molar-refractivity contribution is -0.309. The van der Waals surface area contributed by atoms with E-state index in [1.165, 1.54) is 15.9 Å². The van der Waals surface area contributed by atoms with Crippen molar-refractivity contribution in [2.45, 2.75) is 202 Å². The minimum atomic E-state index is -2.76. The van der Waals surface area contributed by atoms with E-state index in [1.54, 1.807) is 7.11 Å². The second kappa shape index (κ2) is 54.5. The van der Waals surface area contributed by atoms with E-state index in [0.29, 0.717) is 6.16 Å². The van der Waals surface area contributed by atoms with E-state index in [0.717, 1.165) is 66.8 Å². The molecule has 19 rings (SSSR count). The van der Waals surface area contributed by atoms with Gasteiger partial charge in [0, 0.05) is 7.11 Å². The lowest BCUT2D eigenvalue weighted by Crippen LogP contribution is -2.62. The summed E-state index contributed by atoms with van der Waals surface area (Å²) < 4.78 is 128. The van der Waals surface area contributed by atoms with Crippen molar-refractivity contribution in [3.8, 4) is 0 Å². The molecule has 0 N–H and O–H groups in total. The van der Waals surface area contributed by atoms with Gasteiger partial charge in [-0.1, -0.05) is 455 Å². The Balaban J connectivity index is 0.773. The third kappa shape index (κ3) is 28.3. The fraction of sp³-hybridized carbons (Fsp3) is 0.262. The summed E-state index contributed by atoms with van der Waals surface area (Å²) in [5.41, 5.74) is 11.5. The van der Waals surface area contributed by atoms with Crippen LogP contribution in [-0.4, -0.2) is 136 Å². The minimum absolute atomic E-state index is 0.164. The van der Waals surface area contributed by atoms with E-state index >= 15 is 0 Å². The van der Waals surface area contributed by atoms with Crippen LogP contribution in [0.4, 0.5) is 0 Å². The molecule has 0 unspecified atom stereocenters. The summed E-state index contributed by atoms with van der Waals surface area (Å²) in [4.78, 5) is 0. The highest BCUT2D eigenvalue weighted by atomic mass is 31.2. The topological polar surface area (TPSA) is 157 Å². The van der Waals surface area contributed by atoms with Crippen LogP contribution < -0.4 is 15.9 Å². The molecule has 4 aliphatic rings. The first kappa shape index (κ1) is 104. The van der Waals surface area contributed by atoms with Gasteiger partial charge in [0.25, 0.3) is 0 Å². The normalized spacial score (nSPS) is 24.2. The molecule has 4 aliphatic heterocycles. The molecular formula is C130H130O17P+. The van der Waals surface area contributed by atoms with Gasteiger partial charge in [0.1, 0.15) is 145 Å². The first-order chi connectivity index (χ1) is 73.3. The van der Waals surface area contributed by atoms with E-state index in [2.05, 4.69) is 261 Å². The van der Waals surface area contributed by atoms with Crippen LogP contribution >= 0.6 is 7.26 Å². The predicted octanol–water partition coefficient (Wildman–Crippen LogP) is 23.3. The summed E-state index contributed by atoms with van der Waals surface area (Å²) in [7, 11) is -1.13. The zero-order valence-electron chi connectivity index (χ0n) is 83.4. The van der Waals surface area contributed by atoms with E-state index in [4.69, 9.17) is 80.5 Å². The molecule has 0 aromatic heterocycles. The molecule has 756 valence electrons. The fourth-order valence-corrected chi connectivity index (χ4v) is 24.5. The van der Waals surface area contributed by atoms with Gasteiger partial charge in [0.05, 0.1) is 79.3 Å². The van der Waals surface area contributed by atoms with E-state index in [9.17, 15) is 0 Å².